The Labute approximate surface area is 62.3 Å². The smallest absolute Gasteiger partial charge is 0.246 e. The van der Waals surface area contributed by atoms with Gasteiger partial charge in [0, 0.05) is 12.1 Å². The Kier molecular flexibility index (Phi) is 3.77. The Hall–Kier alpha value is -0.790. The van der Waals surface area contributed by atoms with Crippen molar-refractivity contribution in [3.63, 3.8) is 0 Å². The van der Waals surface area contributed by atoms with E-state index in [1.807, 2.05) is 27.7 Å². The van der Waals surface area contributed by atoms with Gasteiger partial charge in [0.25, 0.3) is 0 Å². The number of carbonyl (C=O) groups excluding carboxylic acids is 1. The molecule has 0 aromatic rings. The predicted octanol–water partition coefficient (Wildman–Crippen LogP) is 1.48. The van der Waals surface area contributed by atoms with Crippen molar-refractivity contribution in [1.82, 2.24) is 5.32 Å². The molecule has 2 heteroatoms. The summed E-state index contributed by atoms with van der Waals surface area (Å²) < 4.78 is 0. The molecule has 0 bridgehead atoms. The Morgan fingerprint density at radius 2 is 1.80 bits per heavy atom. The van der Waals surface area contributed by atoms with Gasteiger partial charge in [0.1, 0.15) is 0 Å². The molecule has 0 aromatic heterocycles. The van der Waals surface area contributed by atoms with E-state index in [-0.39, 0.29) is 5.91 Å². The van der Waals surface area contributed by atoms with Crippen molar-refractivity contribution in [1.29, 1.82) is 0 Å². The van der Waals surface area contributed by atoms with Gasteiger partial charge in [0.15, 0.2) is 0 Å². The fraction of sp³-hybridized carbons (Fsp3) is 0.625. The van der Waals surface area contributed by atoms with Gasteiger partial charge in [-0.1, -0.05) is 5.57 Å². The second-order valence-corrected chi connectivity index (χ2v) is 2.48. The molecule has 0 fully saturated rings. The molecular weight excluding hydrogens is 126 g/mol. The minimum absolute atomic E-state index is 0.0440. The molecule has 0 atom stereocenters. The monoisotopic (exact) mass is 141 g/mol. The molecule has 2 nitrogen and oxygen atoms in total. The first-order valence-corrected chi connectivity index (χ1v) is 3.51. The average Bonchev–Trinajstić information content (AvgIpc) is 1.87. The Bertz CT molecular complexity index is 155. The van der Waals surface area contributed by atoms with Crippen LogP contribution in [0.3, 0.4) is 0 Å². The van der Waals surface area contributed by atoms with Gasteiger partial charge in [-0.05, 0) is 27.7 Å². The van der Waals surface area contributed by atoms with Gasteiger partial charge >= 0.3 is 0 Å². The Morgan fingerprint density at radius 1 is 1.30 bits per heavy atom. The van der Waals surface area contributed by atoms with Crippen LogP contribution in [0.5, 0.6) is 0 Å². The highest BCUT2D eigenvalue weighted by atomic mass is 16.1. The second-order valence-electron chi connectivity index (χ2n) is 2.48. The zero-order chi connectivity index (χ0) is 8.15. The first-order chi connectivity index (χ1) is 4.59. The molecule has 58 valence electrons. The lowest BCUT2D eigenvalue weighted by atomic mass is 10.2. The van der Waals surface area contributed by atoms with Crippen molar-refractivity contribution in [3.05, 3.63) is 11.1 Å². The van der Waals surface area contributed by atoms with E-state index in [1.165, 1.54) is 0 Å². The van der Waals surface area contributed by atoms with Gasteiger partial charge in [-0.2, -0.15) is 0 Å². The van der Waals surface area contributed by atoms with Crippen LogP contribution >= 0.6 is 0 Å². The summed E-state index contributed by atoms with van der Waals surface area (Å²) in [6, 6.07) is 0. The minimum atomic E-state index is 0.0440. The number of allylic oxidation sites excluding steroid dienone is 1. The van der Waals surface area contributed by atoms with Crippen molar-refractivity contribution in [2.45, 2.75) is 27.7 Å². The summed E-state index contributed by atoms with van der Waals surface area (Å²) in [6.45, 7) is 8.31. The molecule has 1 N–H and O–H groups in total. The fourth-order valence-electron chi connectivity index (χ4n) is 0.520. The van der Waals surface area contributed by atoms with E-state index in [2.05, 4.69) is 5.32 Å². The maximum absolute atomic E-state index is 11.0. The summed E-state index contributed by atoms with van der Waals surface area (Å²) in [6.07, 6.45) is 0. The molecule has 0 spiro atoms. The Balaban J connectivity index is 4.09. The number of likely N-dealkylation sites (N-methyl/N-ethyl adjacent to an activating group) is 1. The normalized spacial score (nSPS) is 8.80. The highest BCUT2D eigenvalue weighted by Crippen LogP contribution is 2.00. The molecule has 0 saturated carbocycles. The van der Waals surface area contributed by atoms with E-state index in [9.17, 15) is 4.79 Å². The van der Waals surface area contributed by atoms with E-state index in [1.54, 1.807) is 0 Å². The summed E-state index contributed by atoms with van der Waals surface area (Å²) in [5.74, 6) is 0.0440. The molecule has 0 aliphatic rings. The van der Waals surface area contributed by atoms with Gasteiger partial charge < -0.3 is 5.32 Å². The highest BCUT2D eigenvalue weighted by molar-refractivity contribution is 5.93. The first kappa shape index (κ1) is 9.21. The molecule has 0 unspecified atom stereocenters. The van der Waals surface area contributed by atoms with Crippen LogP contribution in [0, 0.1) is 0 Å². The lowest BCUT2D eigenvalue weighted by molar-refractivity contribution is -0.117. The number of rotatable bonds is 2. The van der Waals surface area contributed by atoms with Crippen LogP contribution < -0.4 is 5.32 Å². The van der Waals surface area contributed by atoms with Gasteiger partial charge in [0.2, 0.25) is 5.91 Å². The molecule has 10 heavy (non-hydrogen) atoms. The van der Waals surface area contributed by atoms with Crippen LogP contribution in [0.4, 0.5) is 0 Å². The lowest BCUT2D eigenvalue weighted by Gasteiger charge is -2.02. The van der Waals surface area contributed by atoms with Crippen molar-refractivity contribution < 1.29 is 4.79 Å². The standard InChI is InChI=1S/C8H15NO/c1-5-9-8(10)7(4)6(2)3/h5H2,1-4H3,(H,9,10). The van der Waals surface area contributed by atoms with Crippen LogP contribution in [0.25, 0.3) is 0 Å². The third kappa shape index (κ3) is 2.67. The first-order valence-electron chi connectivity index (χ1n) is 3.51. The van der Waals surface area contributed by atoms with Gasteiger partial charge in [0.05, 0.1) is 0 Å². The minimum Gasteiger partial charge on any atom is -0.353 e. The summed E-state index contributed by atoms with van der Waals surface area (Å²) in [5.41, 5.74) is 1.90. The van der Waals surface area contributed by atoms with E-state index in [4.69, 9.17) is 0 Å². The predicted molar refractivity (Wildman–Crippen MR) is 42.7 cm³/mol. The molecule has 0 aliphatic heterocycles. The summed E-state index contributed by atoms with van der Waals surface area (Å²) >= 11 is 0. The van der Waals surface area contributed by atoms with Crippen LogP contribution in [0.15, 0.2) is 11.1 Å². The van der Waals surface area contributed by atoms with E-state index >= 15 is 0 Å². The number of hydrogen-bond donors (Lipinski definition) is 1. The van der Waals surface area contributed by atoms with Crippen LogP contribution in [0.2, 0.25) is 0 Å². The van der Waals surface area contributed by atoms with Crippen LogP contribution in [-0.2, 0) is 4.79 Å². The highest BCUT2D eigenvalue weighted by Gasteiger charge is 2.01. The number of nitrogens with one attached hydrogen (secondary N) is 1. The number of carbonyl (C=O) groups is 1. The summed E-state index contributed by atoms with van der Waals surface area (Å²) in [7, 11) is 0. The maximum atomic E-state index is 11.0. The molecule has 0 rings (SSSR count). The average molecular weight is 141 g/mol. The summed E-state index contributed by atoms with van der Waals surface area (Å²) in [5, 5.41) is 2.73. The van der Waals surface area contributed by atoms with E-state index in [0.717, 1.165) is 11.1 Å². The van der Waals surface area contributed by atoms with Crippen LogP contribution in [0.1, 0.15) is 27.7 Å². The molecule has 0 saturated heterocycles. The Morgan fingerprint density at radius 3 is 2.10 bits per heavy atom. The lowest BCUT2D eigenvalue weighted by Crippen LogP contribution is -2.23. The zero-order valence-corrected chi connectivity index (χ0v) is 7.12. The van der Waals surface area contributed by atoms with Crippen LogP contribution in [-0.4, -0.2) is 12.5 Å². The summed E-state index contributed by atoms with van der Waals surface area (Å²) in [4.78, 5) is 11.0. The van der Waals surface area contributed by atoms with Crippen molar-refractivity contribution in [3.8, 4) is 0 Å². The number of amides is 1. The van der Waals surface area contributed by atoms with Gasteiger partial charge in [-0.25, -0.2) is 0 Å². The van der Waals surface area contributed by atoms with E-state index < -0.39 is 0 Å². The van der Waals surface area contributed by atoms with Gasteiger partial charge in [-0.15, -0.1) is 0 Å². The molecule has 0 aromatic carbocycles. The zero-order valence-electron chi connectivity index (χ0n) is 7.12. The van der Waals surface area contributed by atoms with Crippen molar-refractivity contribution in [2.75, 3.05) is 6.54 Å². The molecule has 1 amide bonds. The second kappa shape index (κ2) is 4.09. The molecule has 0 heterocycles. The molecule has 0 aliphatic carbocycles. The third-order valence-corrected chi connectivity index (χ3v) is 1.43. The SMILES string of the molecule is CCNC(=O)C(C)=C(C)C. The fourth-order valence-corrected chi connectivity index (χ4v) is 0.520. The maximum Gasteiger partial charge on any atom is 0.246 e. The number of hydrogen-bond acceptors (Lipinski definition) is 1. The quantitative estimate of drug-likeness (QED) is 0.580. The van der Waals surface area contributed by atoms with Crippen molar-refractivity contribution >= 4 is 5.91 Å². The molecular formula is C8H15NO. The topological polar surface area (TPSA) is 29.1 Å². The van der Waals surface area contributed by atoms with Gasteiger partial charge in [-0.3, -0.25) is 4.79 Å². The molecule has 0 radical (unpaired) electrons. The third-order valence-electron chi connectivity index (χ3n) is 1.43. The largest absolute Gasteiger partial charge is 0.353 e. The van der Waals surface area contributed by atoms with E-state index in [0.29, 0.717) is 6.54 Å². The van der Waals surface area contributed by atoms with Crippen molar-refractivity contribution in [2.24, 2.45) is 0 Å².